The minimum absolute atomic E-state index is 0.169. The van der Waals surface area contributed by atoms with Crippen LogP contribution in [0, 0.1) is 0 Å². The zero-order valence-electron chi connectivity index (χ0n) is 13.0. The van der Waals surface area contributed by atoms with Gasteiger partial charge in [-0.25, -0.2) is 15.8 Å². The fourth-order valence-corrected chi connectivity index (χ4v) is 2.90. The molecule has 0 saturated carbocycles. The van der Waals surface area contributed by atoms with Crippen molar-refractivity contribution in [2.45, 2.75) is 52.2 Å². The van der Waals surface area contributed by atoms with E-state index in [0.717, 1.165) is 24.5 Å². The van der Waals surface area contributed by atoms with E-state index in [0.29, 0.717) is 11.7 Å². The first-order valence-corrected chi connectivity index (χ1v) is 7.08. The Kier molecular flexibility index (Phi) is 4.15. The van der Waals surface area contributed by atoms with Crippen molar-refractivity contribution in [2.75, 3.05) is 23.4 Å². The molecule has 6 nitrogen and oxygen atoms in total. The van der Waals surface area contributed by atoms with Crippen molar-refractivity contribution in [1.82, 2.24) is 9.97 Å². The predicted molar refractivity (Wildman–Crippen MR) is 80.8 cm³/mol. The number of nitrogens with one attached hydrogen (secondary N) is 1. The predicted octanol–water partition coefficient (Wildman–Crippen LogP) is 1.89. The monoisotopic (exact) mass is 279 g/mol. The van der Waals surface area contributed by atoms with Gasteiger partial charge >= 0.3 is 0 Å². The first-order valence-electron chi connectivity index (χ1n) is 7.08. The molecule has 1 saturated heterocycles. The molecule has 1 unspecified atom stereocenters. The normalized spacial score (nSPS) is 22.1. The maximum Gasteiger partial charge on any atom is 0.148 e. The Morgan fingerprint density at radius 1 is 1.45 bits per heavy atom. The van der Waals surface area contributed by atoms with Crippen molar-refractivity contribution >= 4 is 11.6 Å². The summed E-state index contributed by atoms with van der Waals surface area (Å²) in [6.07, 6.45) is 1.73. The summed E-state index contributed by atoms with van der Waals surface area (Å²) in [6, 6.07) is 0. The highest BCUT2D eigenvalue weighted by Gasteiger charge is 2.33. The van der Waals surface area contributed by atoms with E-state index in [1.807, 2.05) is 0 Å². The summed E-state index contributed by atoms with van der Waals surface area (Å²) in [5.41, 5.74) is 3.55. The molecule has 112 valence electrons. The summed E-state index contributed by atoms with van der Waals surface area (Å²) in [7, 11) is 0. The van der Waals surface area contributed by atoms with Crippen LogP contribution in [0.5, 0.6) is 0 Å². The van der Waals surface area contributed by atoms with Crippen LogP contribution < -0.4 is 16.2 Å². The second-order valence-electron chi connectivity index (χ2n) is 6.33. The third-order valence-corrected chi connectivity index (χ3v) is 3.45. The Labute approximate surface area is 120 Å². The van der Waals surface area contributed by atoms with E-state index in [-0.39, 0.29) is 11.7 Å². The molecule has 0 aromatic carbocycles. The van der Waals surface area contributed by atoms with Crippen LogP contribution in [0.3, 0.4) is 0 Å². The third-order valence-electron chi connectivity index (χ3n) is 3.45. The standard InChI is InChI=1S/C14H25N5O/c1-9(2)11-12(18-15)16-8-17-13(11)19-6-10(3)20-14(4,5)7-19/h8-10H,6-7,15H2,1-5H3,(H,16,17,18). The van der Waals surface area contributed by atoms with Crippen molar-refractivity contribution in [3.05, 3.63) is 11.9 Å². The number of ether oxygens (including phenoxy) is 1. The topological polar surface area (TPSA) is 76.3 Å². The molecule has 1 aromatic rings. The molecule has 0 aliphatic carbocycles. The van der Waals surface area contributed by atoms with Gasteiger partial charge in [0, 0.05) is 18.7 Å². The number of aromatic nitrogens is 2. The van der Waals surface area contributed by atoms with Gasteiger partial charge in [-0.2, -0.15) is 0 Å². The van der Waals surface area contributed by atoms with Crippen LogP contribution in [-0.2, 0) is 4.74 Å². The molecule has 0 spiro atoms. The minimum Gasteiger partial charge on any atom is -0.369 e. The second kappa shape index (κ2) is 5.54. The van der Waals surface area contributed by atoms with E-state index in [1.165, 1.54) is 0 Å². The van der Waals surface area contributed by atoms with Crippen LogP contribution in [-0.4, -0.2) is 34.8 Å². The summed E-state index contributed by atoms with van der Waals surface area (Å²) >= 11 is 0. The lowest BCUT2D eigenvalue weighted by atomic mass is 10.0. The maximum absolute atomic E-state index is 5.96. The van der Waals surface area contributed by atoms with Crippen molar-refractivity contribution in [1.29, 1.82) is 0 Å². The lowest BCUT2D eigenvalue weighted by molar-refractivity contribution is -0.0752. The molecule has 2 heterocycles. The van der Waals surface area contributed by atoms with Gasteiger partial charge in [0.05, 0.1) is 11.7 Å². The Hall–Kier alpha value is -1.40. The molecular weight excluding hydrogens is 254 g/mol. The molecule has 0 amide bonds. The number of morpholine rings is 1. The van der Waals surface area contributed by atoms with E-state index in [1.54, 1.807) is 6.33 Å². The summed E-state index contributed by atoms with van der Waals surface area (Å²) in [5.74, 6) is 7.52. The third kappa shape index (κ3) is 3.02. The van der Waals surface area contributed by atoms with Crippen LogP contribution in [0.2, 0.25) is 0 Å². The van der Waals surface area contributed by atoms with Crippen molar-refractivity contribution in [3.8, 4) is 0 Å². The quantitative estimate of drug-likeness (QED) is 0.650. The number of hydrogen-bond donors (Lipinski definition) is 2. The largest absolute Gasteiger partial charge is 0.369 e. The molecule has 0 radical (unpaired) electrons. The van der Waals surface area contributed by atoms with Crippen molar-refractivity contribution < 1.29 is 4.74 Å². The molecule has 1 aromatic heterocycles. The van der Waals surface area contributed by atoms with E-state index < -0.39 is 0 Å². The number of hydrogen-bond acceptors (Lipinski definition) is 6. The second-order valence-corrected chi connectivity index (χ2v) is 6.33. The van der Waals surface area contributed by atoms with E-state index >= 15 is 0 Å². The SMILES string of the molecule is CC1CN(c2ncnc(NN)c2C(C)C)CC(C)(C)O1. The van der Waals surface area contributed by atoms with E-state index in [9.17, 15) is 0 Å². The summed E-state index contributed by atoms with van der Waals surface area (Å²) < 4.78 is 5.96. The van der Waals surface area contributed by atoms with E-state index in [2.05, 4.69) is 54.9 Å². The summed E-state index contributed by atoms with van der Waals surface area (Å²) in [5, 5.41) is 0. The average molecular weight is 279 g/mol. The highest BCUT2D eigenvalue weighted by Crippen LogP contribution is 2.33. The van der Waals surface area contributed by atoms with Crippen LogP contribution in [0.1, 0.15) is 46.1 Å². The van der Waals surface area contributed by atoms with Gasteiger partial charge < -0.3 is 15.1 Å². The smallest absolute Gasteiger partial charge is 0.148 e. The zero-order valence-corrected chi connectivity index (χ0v) is 13.0. The zero-order chi connectivity index (χ0) is 14.9. The molecule has 3 N–H and O–H groups in total. The average Bonchev–Trinajstić information content (AvgIpc) is 2.35. The molecule has 1 aliphatic heterocycles. The molecule has 20 heavy (non-hydrogen) atoms. The number of nitrogens with zero attached hydrogens (tertiary/aromatic N) is 3. The first kappa shape index (κ1) is 15.0. The molecule has 6 heteroatoms. The Balaban J connectivity index is 2.41. The maximum atomic E-state index is 5.96. The van der Waals surface area contributed by atoms with Gasteiger partial charge in [0.1, 0.15) is 18.0 Å². The number of nitrogen functional groups attached to an aromatic ring is 1. The molecular formula is C14H25N5O. The van der Waals surface area contributed by atoms with Crippen LogP contribution in [0.15, 0.2) is 6.33 Å². The Bertz CT molecular complexity index is 475. The lowest BCUT2D eigenvalue weighted by Gasteiger charge is -2.43. The molecule has 1 atom stereocenters. The van der Waals surface area contributed by atoms with Gasteiger partial charge in [-0.3, -0.25) is 0 Å². The fourth-order valence-electron chi connectivity index (χ4n) is 2.90. The first-order chi connectivity index (χ1) is 9.34. The summed E-state index contributed by atoms with van der Waals surface area (Å²) in [4.78, 5) is 11.0. The van der Waals surface area contributed by atoms with E-state index in [4.69, 9.17) is 10.6 Å². The van der Waals surface area contributed by atoms with Gasteiger partial charge in [-0.1, -0.05) is 13.8 Å². The molecule has 0 bridgehead atoms. The fraction of sp³-hybridized carbons (Fsp3) is 0.714. The number of nitrogens with two attached hydrogens (primary N) is 1. The van der Waals surface area contributed by atoms with Crippen LogP contribution in [0.25, 0.3) is 0 Å². The highest BCUT2D eigenvalue weighted by molar-refractivity contribution is 5.60. The van der Waals surface area contributed by atoms with Gasteiger partial charge in [-0.05, 0) is 26.7 Å². The lowest BCUT2D eigenvalue weighted by Crippen LogP contribution is -2.52. The van der Waals surface area contributed by atoms with Gasteiger partial charge in [0.15, 0.2) is 0 Å². The van der Waals surface area contributed by atoms with Crippen molar-refractivity contribution in [3.63, 3.8) is 0 Å². The Morgan fingerprint density at radius 2 is 2.15 bits per heavy atom. The number of hydrazine groups is 1. The van der Waals surface area contributed by atoms with Gasteiger partial charge in [0.2, 0.25) is 0 Å². The minimum atomic E-state index is -0.187. The van der Waals surface area contributed by atoms with Crippen LogP contribution in [0.4, 0.5) is 11.6 Å². The molecule has 1 aliphatic rings. The number of rotatable bonds is 3. The summed E-state index contributed by atoms with van der Waals surface area (Å²) in [6.45, 7) is 12.2. The molecule has 2 rings (SSSR count). The Morgan fingerprint density at radius 3 is 2.70 bits per heavy atom. The van der Waals surface area contributed by atoms with Gasteiger partial charge in [-0.15, -0.1) is 0 Å². The van der Waals surface area contributed by atoms with Crippen LogP contribution >= 0.6 is 0 Å². The van der Waals surface area contributed by atoms with Crippen molar-refractivity contribution in [2.24, 2.45) is 5.84 Å². The number of anilines is 2. The van der Waals surface area contributed by atoms with Gasteiger partial charge in [0.25, 0.3) is 0 Å². The highest BCUT2D eigenvalue weighted by atomic mass is 16.5. The molecule has 1 fully saturated rings.